The lowest BCUT2D eigenvalue weighted by Crippen LogP contribution is -2.06. The molecule has 0 spiro atoms. The number of rotatable bonds is 3. The molecule has 0 fully saturated rings. The number of nitrogens with two attached hydrogens (primary N) is 1. The summed E-state index contributed by atoms with van der Waals surface area (Å²) < 4.78 is 0. The summed E-state index contributed by atoms with van der Waals surface area (Å²) in [6.45, 7) is 1.72. The molecule has 0 saturated carbocycles. The summed E-state index contributed by atoms with van der Waals surface area (Å²) >= 11 is 0. The fraction of sp³-hybridized carbons (Fsp3) is 0.286. The molecular weight excluding hydrogens is 210 g/mol. The molecule has 7 heteroatoms. The van der Waals surface area contributed by atoms with E-state index in [-0.39, 0.29) is 19.4 Å². The molecule has 82 valence electrons. The highest BCUT2D eigenvalue weighted by Crippen LogP contribution is 1.70. The van der Waals surface area contributed by atoms with Gasteiger partial charge in [-0.1, -0.05) is 6.92 Å². The molecule has 0 heterocycles. The Bertz CT molecular complexity index is 210. The van der Waals surface area contributed by atoms with E-state index in [0.29, 0.717) is 18.6 Å². The number of primary amides is 1. The third-order valence-electron chi connectivity index (χ3n) is 0.717. The van der Waals surface area contributed by atoms with E-state index in [0.717, 1.165) is 0 Å². The van der Waals surface area contributed by atoms with Gasteiger partial charge in [0, 0.05) is 18.6 Å². The van der Waals surface area contributed by atoms with Gasteiger partial charge in [-0.15, -0.1) is 0 Å². The third kappa shape index (κ3) is 31.3. The molecule has 0 bridgehead atoms. The Morgan fingerprint density at radius 3 is 1.43 bits per heavy atom. The number of carbonyl (C=O) groups excluding carboxylic acids is 1. The molecular formula is C7H13NO5S. The van der Waals surface area contributed by atoms with Gasteiger partial charge in [-0.3, -0.25) is 4.79 Å². The maximum absolute atomic E-state index is 9.59. The number of carboxylic acid groups (broad SMARTS) is 2. The van der Waals surface area contributed by atoms with E-state index in [9.17, 15) is 14.4 Å². The molecule has 4 N–H and O–H groups in total. The van der Waals surface area contributed by atoms with Crippen molar-refractivity contribution >= 4 is 31.3 Å². The molecule has 0 aliphatic carbocycles. The van der Waals surface area contributed by atoms with Crippen LogP contribution in [0, 0.1) is 0 Å². The molecule has 1 amide bonds. The molecule has 6 nitrogen and oxygen atoms in total. The summed E-state index contributed by atoms with van der Waals surface area (Å²) in [4.78, 5) is 28.7. The summed E-state index contributed by atoms with van der Waals surface area (Å²) in [7, 11) is 0. The Morgan fingerprint density at radius 1 is 1.14 bits per heavy atom. The first kappa shape index (κ1) is 18.3. The molecule has 0 aromatic rings. The van der Waals surface area contributed by atoms with E-state index in [2.05, 4.69) is 5.73 Å². The number of hydrogen-bond acceptors (Lipinski definition) is 3. The minimum absolute atomic E-state index is 0. The summed E-state index contributed by atoms with van der Waals surface area (Å²) in [5.74, 6) is -2.76. The van der Waals surface area contributed by atoms with Gasteiger partial charge >= 0.3 is 11.9 Å². The van der Waals surface area contributed by atoms with Crippen LogP contribution >= 0.6 is 13.5 Å². The molecule has 0 unspecified atom stereocenters. The number of aliphatic carboxylic acids is 2. The molecule has 0 radical (unpaired) electrons. The molecule has 0 aromatic heterocycles. The second kappa shape index (κ2) is 11.5. The summed E-state index contributed by atoms with van der Waals surface area (Å²) in [6.07, 6.45) is 1.56. The van der Waals surface area contributed by atoms with Crippen molar-refractivity contribution in [3.05, 3.63) is 12.2 Å². The van der Waals surface area contributed by atoms with Crippen LogP contribution in [0.25, 0.3) is 0 Å². The summed E-state index contributed by atoms with van der Waals surface area (Å²) in [6, 6.07) is 0. The van der Waals surface area contributed by atoms with Crippen molar-refractivity contribution in [2.24, 2.45) is 5.73 Å². The molecule has 0 rings (SSSR count). The zero-order chi connectivity index (χ0) is 10.9. The largest absolute Gasteiger partial charge is 0.478 e. The second-order valence-electron chi connectivity index (χ2n) is 1.83. The number of hydrogen-bond donors (Lipinski definition) is 3. The topological polar surface area (TPSA) is 118 Å². The lowest BCUT2D eigenvalue weighted by atomic mass is 10.5. The normalized spacial score (nSPS) is 8.07. The van der Waals surface area contributed by atoms with Gasteiger partial charge in [-0.05, 0) is 0 Å². The zero-order valence-corrected chi connectivity index (χ0v) is 8.56. The first-order chi connectivity index (χ1) is 5.90. The SMILES string of the molecule is CCC(N)=O.O=C(O)/C=C\C(=O)O.S. The van der Waals surface area contributed by atoms with E-state index in [1.54, 1.807) is 6.92 Å². The van der Waals surface area contributed by atoms with Crippen LogP contribution in [0.1, 0.15) is 13.3 Å². The van der Waals surface area contributed by atoms with Gasteiger partial charge in [0.2, 0.25) is 5.91 Å². The average molecular weight is 223 g/mol. The lowest BCUT2D eigenvalue weighted by molar-refractivity contribution is -0.134. The van der Waals surface area contributed by atoms with Crippen LogP contribution in [0.15, 0.2) is 12.2 Å². The zero-order valence-electron chi connectivity index (χ0n) is 7.56. The fourth-order valence-electron chi connectivity index (χ4n) is 0.143. The van der Waals surface area contributed by atoms with Crippen LogP contribution in [0.3, 0.4) is 0 Å². The third-order valence-corrected chi connectivity index (χ3v) is 0.717. The van der Waals surface area contributed by atoms with E-state index in [1.165, 1.54) is 0 Å². The average Bonchev–Trinajstić information content (AvgIpc) is 2.02. The van der Waals surface area contributed by atoms with Gasteiger partial charge in [-0.25, -0.2) is 9.59 Å². The molecule has 14 heavy (non-hydrogen) atoms. The lowest BCUT2D eigenvalue weighted by Gasteiger charge is -1.74. The van der Waals surface area contributed by atoms with Crippen molar-refractivity contribution in [2.75, 3.05) is 0 Å². The Kier molecular flexibility index (Phi) is 15.0. The van der Waals surface area contributed by atoms with Crippen molar-refractivity contribution < 1.29 is 24.6 Å². The van der Waals surface area contributed by atoms with Crippen LogP contribution in [0.2, 0.25) is 0 Å². The Balaban J connectivity index is -0.000000177. The van der Waals surface area contributed by atoms with Crippen LogP contribution in [0.5, 0.6) is 0 Å². The first-order valence-corrected chi connectivity index (χ1v) is 3.32. The smallest absolute Gasteiger partial charge is 0.328 e. The highest BCUT2D eigenvalue weighted by Gasteiger charge is 1.88. The van der Waals surface area contributed by atoms with Crippen LogP contribution < -0.4 is 5.73 Å². The van der Waals surface area contributed by atoms with Gasteiger partial charge in [0.25, 0.3) is 0 Å². The Morgan fingerprint density at radius 2 is 1.36 bits per heavy atom. The number of amides is 1. The standard InChI is InChI=1S/C4H4O4.C3H7NO.H2S/c5-3(6)1-2-4(7)8;1-2-3(4)5;/h1-2H,(H,5,6)(H,7,8);2H2,1H3,(H2,4,5);1H2/b2-1-;;. The van der Waals surface area contributed by atoms with Crippen LogP contribution in [0.4, 0.5) is 0 Å². The predicted octanol–water partition coefficient (Wildman–Crippen LogP) is -0.294. The maximum atomic E-state index is 9.59. The minimum atomic E-state index is -1.26. The molecule has 0 atom stereocenters. The first-order valence-electron chi connectivity index (χ1n) is 3.32. The number of carboxylic acids is 2. The van der Waals surface area contributed by atoms with Crippen molar-refractivity contribution in [1.29, 1.82) is 0 Å². The van der Waals surface area contributed by atoms with Gasteiger partial charge in [-0.2, -0.15) is 13.5 Å². The van der Waals surface area contributed by atoms with Gasteiger partial charge in [0.1, 0.15) is 0 Å². The molecule has 0 aromatic carbocycles. The van der Waals surface area contributed by atoms with E-state index >= 15 is 0 Å². The Hall–Kier alpha value is -1.50. The quantitative estimate of drug-likeness (QED) is 0.568. The van der Waals surface area contributed by atoms with Crippen molar-refractivity contribution in [3.63, 3.8) is 0 Å². The number of carbonyl (C=O) groups is 3. The van der Waals surface area contributed by atoms with Crippen LogP contribution in [-0.2, 0) is 14.4 Å². The second-order valence-corrected chi connectivity index (χ2v) is 1.83. The Labute approximate surface area is 87.9 Å². The van der Waals surface area contributed by atoms with Gasteiger partial charge in [0.05, 0.1) is 0 Å². The predicted molar refractivity (Wildman–Crippen MR) is 54.3 cm³/mol. The van der Waals surface area contributed by atoms with E-state index < -0.39 is 11.9 Å². The highest BCUT2D eigenvalue weighted by atomic mass is 32.1. The van der Waals surface area contributed by atoms with Gasteiger partial charge in [0.15, 0.2) is 0 Å². The van der Waals surface area contributed by atoms with Crippen molar-refractivity contribution in [2.45, 2.75) is 13.3 Å². The monoisotopic (exact) mass is 223 g/mol. The van der Waals surface area contributed by atoms with E-state index in [4.69, 9.17) is 10.2 Å². The summed E-state index contributed by atoms with van der Waals surface area (Å²) in [5.41, 5.74) is 4.65. The molecule has 0 aliphatic heterocycles. The van der Waals surface area contributed by atoms with Crippen molar-refractivity contribution in [3.8, 4) is 0 Å². The summed E-state index contributed by atoms with van der Waals surface area (Å²) in [5, 5.41) is 15.6. The molecule has 0 saturated heterocycles. The van der Waals surface area contributed by atoms with E-state index in [1.807, 2.05) is 0 Å². The molecule has 0 aliphatic rings. The minimum Gasteiger partial charge on any atom is -0.478 e. The van der Waals surface area contributed by atoms with Crippen LogP contribution in [-0.4, -0.2) is 28.1 Å². The maximum Gasteiger partial charge on any atom is 0.328 e. The fourth-order valence-corrected chi connectivity index (χ4v) is 0.143. The highest BCUT2D eigenvalue weighted by molar-refractivity contribution is 7.59. The van der Waals surface area contributed by atoms with Gasteiger partial charge < -0.3 is 15.9 Å². The van der Waals surface area contributed by atoms with Crippen molar-refractivity contribution in [1.82, 2.24) is 0 Å².